The van der Waals surface area contributed by atoms with E-state index in [1.807, 2.05) is 12.1 Å². The first-order valence-corrected chi connectivity index (χ1v) is 7.15. The molecule has 2 rings (SSSR count). The van der Waals surface area contributed by atoms with Crippen molar-refractivity contribution >= 4 is 21.6 Å². The average Bonchev–Trinajstić information content (AvgIpc) is 2.50. The van der Waals surface area contributed by atoms with E-state index in [4.69, 9.17) is 4.74 Å². The van der Waals surface area contributed by atoms with Gasteiger partial charge in [0.25, 0.3) is 0 Å². The number of hydrogen-bond acceptors (Lipinski definition) is 3. The number of methoxy groups -OCH3 is 1. The molecule has 0 radical (unpaired) electrons. The first-order valence-electron chi connectivity index (χ1n) is 6.35. The molecule has 100 valence electrons. The van der Waals surface area contributed by atoms with Gasteiger partial charge < -0.3 is 15.0 Å². The summed E-state index contributed by atoms with van der Waals surface area (Å²) in [6.45, 7) is 7.61. The van der Waals surface area contributed by atoms with Gasteiger partial charge in [0.2, 0.25) is 0 Å². The lowest BCUT2D eigenvalue weighted by molar-refractivity contribution is 0.404. The van der Waals surface area contributed by atoms with Crippen LogP contribution < -0.4 is 15.0 Å². The predicted octanol–water partition coefficient (Wildman–Crippen LogP) is 3.04. The molecule has 0 spiro atoms. The summed E-state index contributed by atoms with van der Waals surface area (Å²) < 4.78 is 6.57. The van der Waals surface area contributed by atoms with Gasteiger partial charge in [-0.2, -0.15) is 0 Å². The molecule has 1 fully saturated rings. The lowest BCUT2D eigenvalue weighted by Crippen LogP contribution is -2.46. The van der Waals surface area contributed by atoms with Crippen LogP contribution in [0.4, 0.5) is 5.69 Å². The van der Waals surface area contributed by atoms with E-state index < -0.39 is 0 Å². The monoisotopic (exact) mass is 312 g/mol. The molecule has 0 aromatic heterocycles. The normalized spacial score (nSPS) is 19.4. The van der Waals surface area contributed by atoms with Crippen LogP contribution in [0.5, 0.6) is 5.75 Å². The average molecular weight is 313 g/mol. The molecule has 3 nitrogen and oxygen atoms in total. The molecule has 1 aromatic rings. The highest BCUT2D eigenvalue weighted by atomic mass is 79.9. The number of rotatable bonds is 2. The summed E-state index contributed by atoms with van der Waals surface area (Å²) in [6.07, 6.45) is 1.15. The van der Waals surface area contributed by atoms with Gasteiger partial charge in [-0.25, -0.2) is 0 Å². The molecular weight excluding hydrogens is 292 g/mol. The highest BCUT2D eigenvalue weighted by Crippen LogP contribution is 2.32. The Balaban J connectivity index is 2.31. The molecule has 1 aromatic carbocycles. The van der Waals surface area contributed by atoms with Gasteiger partial charge in [0, 0.05) is 23.1 Å². The van der Waals surface area contributed by atoms with E-state index in [0.29, 0.717) is 0 Å². The molecule has 0 atom stereocenters. The smallest absolute Gasteiger partial charge is 0.142 e. The van der Waals surface area contributed by atoms with Crippen LogP contribution >= 0.6 is 15.9 Å². The van der Waals surface area contributed by atoms with Crippen molar-refractivity contribution in [1.29, 1.82) is 0 Å². The Morgan fingerprint density at radius 1 is 1.39 bits per heavy atom. The fourth-order valence-electron chi connectivity index (χ4n) is 2.42. The van der Waals surface area contributed by atoms with Crippen LogP contribution in [0.25, 0.3) is 0 Å². The van der Waals surface area contributed by atoms with Gasteiger partial charge in [-0.3, -0.25) is 0 Å². The molecule has 0 saturated carbocycles. The number of nitrogens with one attached hydrogen (secondary N) is 1. The second-order valence-corrected chi connectivity index (χ2v) is 6.32. The minimum absolute atomic E-state index is 0.129. The van der Waals surface area contributed by atoms with Gasteiger partial charge in [-0.05, 0) is 45.0 Å². The molecule has 0 unspecified atom stereocenters. The number of benzene rings is 1. The van der Waals surface area contributed by atoms with Gasteiger partial charge in [0.05, 0.1) is 12.8 Å². The van der Waals surface area contributed by atoms with E-state index in [1.54, 1.807) is 7.11 Å². The molecule has 1 saturated heterocycles. The Kier molecular flexibility index (Phi) is 4.17. The Bertz CT molecular complexity index is 420. The molecule has 0 aliphatic carbocycles. The maximum Gasteiger partial charge on any atom is 0.142 e. The highest BCUT2D eigenvalue weighted by molar-refractivity contribution is 9.10. The van der Waals surface area contributed by atoms with E-state index in [9.17, 15) is 0 Å². The van der Waals surface area contributed by atoms with Gasteiger partial charge >= 0.3 is 0 Å². The number of ether oxygens (including phenoxy) is 1. The third-order valence-electron chi connectivity index (χ3n) is 3.28. The van der Waals surface area contributed by atoms with Gasteiger partial charge in [0.1, 0.15) is 5.75 Å². The summed E-state index contributed by atoms with van der Waals surface area (Å²) in [6, 6.07) is 6.18. The SMILES string of the molecule is COc1ccc(Br)cc1N1CCCNC(C)(C)C1. The van der Waals surface area contributed by atoms with Crippen LogP contribution in [-0.2, 0) is 0 Å². The lowest BCUT2D eigenvalue weighted by Gasteiger charge is -2.32. The fraction of sp³-hybridized carbons (Fsp3) is 0.571. The van der Waals surface area contributed by atoms with Gasteiger partial charge in [0.15, 0.2) is 0 Å². The summed E-state index contributed by atoms with van der Waals surface area (Å²) >= 11 is 3.54. The van der Waals surface area contributed by atoms with Crippen LogP contribution in [0, 0.1) is 0 Å². The van der Waals surface area contributed by atoms with Gasteiger partial charge in [-0.1, -0.05) is 15.9 Å². The summed E-state index contributed by atoms with van der Waals surface area (Å²) in [5, 5.41) is 3.58. The predicted molar refractivity (Wildman–Crippen MR) is 79.6 cm³/mol. The van der Waals surface area contributed by atoms with Crippen LogP contribution in [0.2, 0.25) is 0 Å². The van der Waals surface area contributed by atoms with Crippen LogP contribution in [0.1, 0.15) is 20.3 Å². The highest BCUT2D eigenvalue weighted by Gasteiger charge is 2.25. The zero-order valence-electron chi connectivity index (χ0n) is 11.3. The maximum atomic E-state index is 5.48. The van der Waals surface area contributed by atoms with Crippen molar-refractivity contribution in [2.75, 3.05) is 31.6 Å². The van der Waals surface area contributed by atoms with Crippen molar-refractivity contribution in [2.45, 2.75) is 25.8 Å². The quantitative estimate of drug-likeness (QED) is 0.908. The van der Waals surface area contributed by atoms with E-state index >= 15 is 0 Å². The van der Waals surface area contributed by atoms with E-state index in [2.05, 4.69) is 46.1 Å². The molecule has 1 aliphatic heterocycles. The molecular formula is C14H21BrN2O. The van der Waals surface area contributed by atoms with E-state index in [-0.39, 0.29) is 5.54 Å². The van der Waals surface area contributed by atoms with Gasteiger partial charge in [-0.15, -0.1) is 0 Å². The number of nitrogens with zero attached hydrogens (tertiary/aromatic N) is 1. The second-order valence-electron chi connectivity index (χ2n) is 5.40. The summed E-state index contributed by atoms with van der Waals surface area (Å²) in [7, 11) is 1.73. The molecule has 0 amide bonds. The third-order valence-corrected chi connectivity index (χ3v) is 3.77. The summed E-state index contributed by atoms with van der Waals surface area (Å²) in [5.74, 6) is 0.941. The molecule has 1 N–H and O–H groups in total. The topological polar surface area (TPSA) is 24.5 Å². The minimum Gasteiger partial charge on any atom is -0.495 e. The van der Waals surface area contributed by atoms with Crippen molar-refractivity contribution in [3.63, 3.8) is 0 Å². The number of hydrogen-bond donors (Lipinski definition) is 1. The molecule has 1 aliphatic rings. The van der Waals surface area contributed by atoms with E-state index in [1.165, 1.54) is 5.69 Å². The van der Waals surface area contributed by atoms with Crippen LogP contribution in [0.15, 0.2) is 22.7 Å². The molecule has 4 heteroatoms. The standard InChI is InChI=1S/C14H21BrN2O/c1-14(2)10-17(8-4-7-16-14)12-9-11(15)5-6-13(12)18-3/h5-6,9,16H,4,7-8,10H2,1-3H3. The first kappa shape index (κ1) is 13.7. The van der Waals surface area contributed by atoms with Crippen molar-refractivity contribution in [3.05, 3.63) is 22.7 Å². The minimum atomic E-state index is 0.129. The van der Waals surface area contributed by atoms with Crippen molar-refractivity contribution in [3.8, 4) is 5.75 Å². The molecule has 18 heavy (non-hydrogen) atoms. The zero-order chi connectivity index (χ0) is 13.2. The summed E-state index contributed by atoms with van der Waals surface area (Å²) in [4.78, 5) is 2.41. The van der Waals surface area contributed by atoms with Crippen molar-refractivity contribution in [1.82, 2.24) is 5.32 Å². The summed E-state index contributed by atoms with van der Waals surface area (Å²) in [5.41, 5.74) is 1.30. The Hall–Kier alpha value is -0.740. The molecule has 1 heterocycles. The Morgan fingerprint density at radius 3 is 2.89 bits per heavy atom. The molecule has 0 bridgehead atoms. The second kappa shape index (κ2) is 5.49. The first-order chi connectivity index (χ1) is 8.52. The number of halogens is 1. The van der Waals surface area contributed by atoms with Crippen LogP contribution in [-0.4, -0.2) is 32.3 Å². The number of anilines is 1. The fourth-order valence-corrected chi connectivity index (χ4v) is 2.77. The third kappa shape index (κ3) is 3.18. The Morgan fingerprint density at radius 2 is 2.17 bits per heavy atom. The zero-order valence-corrected chi connectivity index (χ0v) is 12.9. The van der Waals surface area contributed by atoms with Crippen LogP contribution in [0.3, 0.4) is 0 Å². The Labute approximate surface area is 118 Å². The maximum absolute atomic E-state index is 5.48. The van der Waals surface area contributed by atoms with Crippen molar-refractivity contribution < 1.29 is 4.74 Å². The van der Waals surface area contributed by atoms with Crippen molar-refractivity contribution in [2.24, 2.45) is 0 Å². The van der Waals surface area contributed by atoms with E-state index in [0.717, 1.165) is 36.3 Å². The lowest BCUT2D eigenvalue weighted by atomic mass is 10.1. The largest absolute Gasteiger partial charge is 0.495 e.